The predicted octanol–water partition coefficient (Wildman–Crippen LogP) is 3.32. The van der Waals surface area contributed by atoms with E-state index in [1.807, 2.05) is 13.8 Å². The van der Waals surface area contributed by atoms with E-state index in [4.69, 9.17) is 21.1 Å². The molecule has 0 aliphatic rings. The minimum atomic E-state index is -0.475. The van der Waals surface area contributed by atoms with Crippen LogP contribution in [0.4, 0.5) is 10.1 Å². The molecular weight excluding hydrogens is 245 g/mol. The first-order valence-corrected chi connectivity index (χ1v) is 5.79. The first-order chi connectivity index (χ1) is 8.04. The Balaban J connectivity index is 2.79. The Morgan fingerprint density at radius 2 is 2.06 bits per heavy atom. The maximum Gasteiger partial charge on any atom is 0.173 e. The Bertz CT molecular complexity index is 349. The van der Waals surface area contributed by atoms with Gasteiger partial charge in [0, 0.05) is 24.9 Å². The maximum absolute atomic E-state index is 13.7. The Morgan fingerprint density at radius 1 is 1.35 bits per heavy atom. The molecule has 0 aliphatic carbocycles. The highest BCUT2D eigenvalue weighted by atomic mass is 35.5. The number of ether oxygens (including phenoxy) is 2. The lowest BCUT2D eigenvalue weighted by Gasteiger charge is -2.13. The molecule has 0 spiro atoms. The van der Waals surface area contributed by atoms with Crippen LogP contribution in [0, 0.1) is 5.82 Å². The highest BCUT2D eigenvalue weighted by Gasteiger charge is 2.11. The molecule has 0 heterocycles. The van der Waals surface area contributed by atoms with Gasteiger partial charge in [-0.05, 0) is 19.9 Å². The van der Waals surface area contributed by atoms with Gasteiger partial charge in [0.25, 0.3) is 0 Å². The van der Waals surface area contributed by atoms with Crippen molar-refractivity contribution in [2.24, 2.45) is 0 Å². The summed E-state index contributed by atoms with van der Waals surface area (Å²) in [6.07, 6.45) is 0. The fraction of sp³-hybridized carbons (Fsp3) is 0.500. The molecule has 0 amide bonds. The van der Waals surface area contributed by atoms with E-state index in [-0.39, 0.29) is 23.4 Å². The number of anilines is 1. The van der Waals surface area contributed by atoms with Crippen molar-refractivity contribution in [1.29, 1.82) is 0 Å². The molecule has 0 aromatic heterocycles. The zero-order valence-corrected chi connectivity index (χ0v) is 11.0. The van der Waals surface area contributed by atoms with E-state index in [0.29, 0.717) is 12.3 Å². The number of hydrogen-bond acceptors (Lipinski definition) is 3. The SMILES string of the molecule is COCCOc1c(F)cc(NC(C)C)cc1Cl. The summed E-state index contributed by atoms with van der Waals surface area (Å²) in [5.74, 6) is -0.408. The van der Waals surface area contributed by atoms with Crippen molar-refractivity contribution in [3.05, 3.63) is 23.0 Å². The first-order valence-electron chi connectivity index (χ1n) is 5.42. The fourth-order valence-electron chi connectivity index (χ4n) is 1.34. The van der Waals surface area contributed by atoms with Crippen LogP contribution >= 0.6 is 11.6 Å². The van der Waals surface area contributed by atoms with Gasteiger partial charge in [-0.2, -0.15) is 0 Å². The summed E-state index contributed by atoms with van der Waals surface area (Å²) in [4.78, 5) is 0. The average molecular weight is 262 g/mol. The van der Waals surface area contributed by atoms with Gasteiger partial charge in [0.05, 0.1) is 11.6 Å². The molecule has 96 valence electrons. The van der Waals surface area contributed by atoms with Gasteiger partial charge in [0.15, 0.2) is 11.6 Å². The smallest absolute Gasteiger partial charge is 0.173 e. The molecule has 5 heteroatoms. The third-order valence-corrected chi connectivity index (χ3v) is 2.27. The Hall–Kier alpha value is -1.00. The fourth-order valence-corrected chi connectivity index (χ4v) is 1.60. The zero-order chi connectivity index (χ0) is 12.8. The van der Waals surface area contributed by atoms with Crippen molar-refractivity contribution in [3.63, 3.8) is 0 Å². The van der Waals surface area contributed by atoms with Crippen LogP contribution in [0.5, 0.6) is 5.75 Å². The first kappa shape index (κ1) is 14.1. The van der Waals surface area contributed by atoms with Gasteiger partial charge >= 0.3 is 0 Å². The van der Waals surface area contributed by atoms with Crippen molar-refractivity contribution in [2.45, 2.75) is 19.9 Å². The van der Waals surface area contributed by atoms with E-state index in [2.05, 4.69) is 5.32 Å². The number of benzene rings is 1. The lowest BCUT2D eigenvalue weighted by atomic mass is 10.2. The zero-order valence-electron chi connectivity index (χ0n) is 10.2. The van der Waals surface area contributed by atoms with E-state index >= 15 is 0 Å². The predicted molar refractivity (Wildman–Crippen MR) is 67.5 cm³/mol. The number of methoxy groups -OCH3 is 1. The van der Waals surface area contributed by atoms with Gasteiger partial charge in [-0.3, -0.25) is 0 Å². The molecule has 3 nitrogen and oxygen atoms in total. The van der Waals surface area contributed by atoms with Gasteiger partial charge in [-0.1, -0.05) is 11.6 Å². The van der Waals surface area contributed by atoms with Crippen molar-refractivity contribution in [3.8, 4) is 5.75 Å². The van der Waals surface area contributed by atoms with Crippen LogP contribution in [0.15, 0.2) is 12.1 Å². The third-order valence-electron chi connectivity index (χ3n) is 1.99. The van der Waals surface area contributed by atoms with Crippen molar-refractivity contribution < 1.29 is 13.9 Å². The Labute approximate surface area is 106 Å². The van der Waals surface area contributed by atoms with Gasteiger partial charge in [-0.25, -0.2) is 4.39 Å². The molecule has 0 fully saturated rings. The van der Waals surface area contributed by atoms with Gasteiger partial charge in [0.1, 0.15) is 6.61 Å². The normalized spacial score (nSPS) is 10.7. The highest BCUT2D eigenvalue weighted by molar-refractivity contribution is 6.32. The lowest BCUT2D eigenvalue weighted by molar-refractivity contribution is 0.144. The van der Waals surface area contributed by atoms with Gasteiger partial charge in [0.2, 0.25) is 0 Å². The van der Waals surface area contributed by atoms with Gasteiger partial charge in [-0.15, -0.1) is 0 Å². The van der Waals surface area contributed by atoms with Crippen LogP contribution in [-0.2, 0) is 4.74 Å². The third kappa shape index (κ3) is 4.40. The molecule has 17 heavy (non-hydrogen) atoms. The molecule has 0 atom stereocenters. The molecule has 0 unspecified atom stereocenters. The topological polar surface area (TPSA) is 30.5 Å². The van der Waals surface area contributed by atoms with Crippen LogP contribution in [0.2, 0.25) is 5.02 Å². The van der Waals surface area contributed by atoms with E-state index < -0.39 is 5.82 Å². The second kappa shape index (κ2) is 6.67. The van der Waals surface area contributed by atoms with Crippen LogP contribution in [0.25, 0.3) is 0 Å². The van der Waals surface area contributed by atoms with Crippen molar-refractivity contribution >= 4 is 17.3 Å². The quantitative estimate of drug-likeness (QED) is 0.797. The average Bonchev–Trinajstić information content (AvgIpc) is 2.21. The minimum absolute atomic E-state index is 0.0676. The van der Waals surface area contributed by atoms with Crippen molar-refractivity contribution in [2.75, 3.05) is 25.6 Å². The molecule has 1 aromatic rings. The molecular formula is C12H17ClFNO2. The maximum atomic E-state index is 13.7. The number of rotatable bonds is 6. The van der Waals surface area contributed by atoms with E-state index in [9.17, 15) is 4.39 Å². The molecule has 0 aliphatic heterocycles. The molecule has 0 saturated heterocycles. The lowest BCUT2D eigenvalue weighted by Crippen LogP contribution is -2.10. The second-order valence-corrected chi connectivity index (χ2v) is 4.32. The van der Waals surface area contributed by atoms with Crippen molar-refractivity contribution in [1.82, 2.24) is 0 Å². The molecule has 0 saturated carbocycles. The monoisotopic (exact) mass is 261 g/mol. The summed E-state index contributed by atoms with van der Waals surface area (Å²) in [6, 6.07) is 3.23. The Morgan fingerprint density at radius 3 is 2.59 bits per heavy atom. The summed E-state index contributed by atoms with van der Waals surface area (Å²) >= 11 is 5.95. The number of halogens is 2. The van der Waals surface area contributed by atoms with Gasteiger partial charge < -0.3 is 14.8 Å². The van der Waals surface area contributed by atoms with E-state index in [1.54, 1.807) is 13.2 Å². The molecule has 1 rings (SSSR count). The summed E-state index contributed by atoms with van der Waals surface area (Å²) < 4.78 is 23.7. The molecule has 1 N–H and O–H groups in total. The van der Waals surface area contributed by atoms with E-state index in [0.717, 1.165) is 0 Å². The van der Waals surface area contributed by atoms with Crippen LogP contribution in [0.3, 0.4) is 0 Å². The summed E-state index contributed by atoms with van der Waals surface area (Å²) in [7, 11) is 1.55. The van der Waals surface area contributed by atoms with Crippen LogP contribution in [0.1, 0.15) is 13.8 Å². The van der Waals surface area contributed by atoms with Crippen LogP contribution < -0.4 is 10.1 Å². The summed E-state index contributed by atoms with van der Waals surface area (Å²) in [5.41, 5.74) is 0.640. The molecule has 0 radical (unpaired) electrons. The molecule has 1 aromatic carbocycles. The second-order valence-electron chi connectivity index (χ2n) is 3.91. The standard InChI is InChI=1S/C12H17ClFNO2/c1-8(2)15-9-6-10(13)12(11(14)7-9)17-5-4-16-3/h6-8,15H,4-5H2,1-3H3. The molecule has 0 bridgehead atoms. The number of hydrogen-bond donors (Lipinski definition) is 1. The Kier molecular flexibility index (Phi) is 5.51. The number of nitrogens with one attached hydrogen (secondary N) is 1. The minimum Gasteiger partial charge on any atom is -0.487 e. The van der Waals surface area contributed by atoms with E-state index in [1.165, 1.54) is 6.07 Å². The summed E-state index contributed by atoms with van der Waals surface area (Å²) in [5, 5.41) is 3.33. The van der Waals surface area contributed by atoms with Crippen LogP contribution in [-0.4, -0.2) is 26.4 Å². The highest BCUT2D eigenvalue weighted by Crippen LogP contribution is 2.31. The summed E-state index contributed by atoms with van der Waals surface area (Å²) in [6.45, 7) is 4.59. The largest absolute Gasteiger partial charge is 0.487 e.